The van der Waals surface area contributed by atoms with Crippen LogP contribution in [-0.2, 0) is 6.61 Å². The molecule has 0 unspecified atom stereocenters. The zero-order valence-electron chi connectivity index (χ0n) is 13.9. The Hall–Kier alpha value is -3.67. The van der Waals surface area contributed by atoms with Gasteiger partial charge >= 0.3 is 0 Å². The van der Waals surface area contributed by atoms with Gasteiger partial charge in [0.2, 0.25) is 0 Å². The molecule has 0 spiro atoms. The topological polar surface area (TPSA) is 80.3 Å². The summed E-state index contributed by atoms with van der Waals surface area (Å²) in [6.45, 7) is 0.453. The number of hydrogen-bond acceptors (Lipinski definition) is 4. The molecule has 0 aliphatic rings. The lowest BCUT2D eigenvalue weighted by Crippen LogP contribution is -2.41. The predicted molar refractivity (Wildman–Crippen MR) is 96.4 cm³/mol. The number of nitrogens with zero attached hydrogens (tertiary/aromatic N) is 1. The van der Waals surface area contributed by atoms with Gasteiger partial charge in [-0.2, -0.15) is 0 Å². The van der Waals surface area contributed by atoms with Crippen LogP contribution in [0.5, 0.6) is 5.75 Å². The van der Waals surface area contributed by atoms with Gasteiger partial charge in [0.05, 0.1) is 0 Å². The second-order valence-corrected chi connectivity index (χ2v) is 5.44. The van der Waals surface area contributed by atoms with Crippen LogP contribution in [-0.4, -0.2) is 16.8 Å². The highest BCUT2D eigenvalue weighted by molar-refractivity contribution is 5.99. The maximum atomic E-state index is 12.1. The summed E-state index contributed by atoms with van der Waals surface area (Å²) in [5.41, 5.74) is 6.62. The normalized spacial score (nSPS) is 10.0. The van der Waals surface area contributed by atoms with Crippen molar-refractivity contribution >= 4 is 11.8 Å². The molecule has 6 nitrogen and oxygen atoms in total. The van der Waals surface area contributed by atoms with E-state index in [9.17, 15) is 9.59 Å². The van der Waals surface area contributed by atoms with Crippen molar-refractivity contribution < 1.29 is 14.3 Å². The summed E-state index contributed by atoms with van der Waals surface area (Å²) in [7, 11) is 0. The molecule has 0 saturated carbocycles. The molecule has 0 bridgehead atoms. The summed E-state index contributed by atoms with van der Waals surface area (Å²) < 4.78 is 5.68. The van der Waals surface area contributed by atoms with Crippen LogP contribution in [0.25, 0.3) is 0 Å². The number of hydrogen-bond donors (Lipinski definition) is 2. The number of hydrazine groups is 1. The summed E-state index contributed by atoms with van der Waals surface area (Å²) in [5.74, 6) is -0.170. The maximum Gasteiger partial charge on any atom is 0.269 e. The van der Waals surface area contributed by atoms with Gasteiger partial charge in [-0.05, 0) is 42.0 Å². The van der Waals surface area contributed by atoms with Gasteiger partial charge in [-0.1, -0.05) is 30.3 Å². The zero-order valence-corrected chi connectivity index (χ0v) is 13.9. The number of nitrogens with one attached hydrogen (secondary N) is 2. The Balaban J connectivity index is 1.51. The highest BCUT2D eigenvalue weighted by Gasteiger charge is 2.09. The Bertz CT molecular complexity index is 866. The number of ether oxygens (including phenoxy) is 1. The van der Waals surface area contributed by atoms with Crippen LogP contribution >= 0.6 is 0 Å². The van der Waals surface area contributed by atoms with Crippen LogP contribution in [0.2, 0.25) is 0 Å². The maximum absolute atomic E-state index is 12.1. The van der Waals surface area contributed by atoms with Gasteiger partial charge in [0.1, 0.15) is 12.4 Å². The monoisotopic (exact) mass is 347 g/mol. The van der Waals surface area contributed by atoms with Crippen molar-refractivity contribution in [2.24, 2.45) is 0 Å². The minimum absolute atomic E-state index is 0.407. The number of carbonyl (C=O) groups is 2. The molecule has 1 aromatic heterocycles. The van der Waals surface area contributed by atoms with Crippen LogP contribution in [0, 0.1) is 0 Å². The second-order valence-electron chi connectivity index (χ2n) is 5.44. The van der Waals surface area contributed by atoms with Crippen molar-refractivity contribution in [2.75, 3.05) is 0 Å². The number of carbonyl (C=O) groups excluding carboxylic acids is 2. The van der Waals surface area contributed by atoms with E-state index in [0.29, 0.717) is 23.5 Å². The first-order valence-electron chi connectivity index (χ1n) is 8.00. The molecule has 0 aliphatic carbocycles. The number of benzene rings is 2. The average Bonchev–Trinajstić information content (AvgIpc) is 2.72. The fourth-order valence-electron chi connectivity index (χ4n) is 2.20. The van der Waals surface area contributed by atoms with E-state index in [1.54, 1.807) is 36.4 Å². The van der Waals surface area contributed by atoms with Crippen molar-refractivity contribution in [2.45, 2.75) is 6.61 Å². The Morgan fingerprint density at radius 1 is 0.769 bits per heavy atom. The molecule has 2 aromatic carbocycles. The molecule has 2 N–H and O–H groups in total. The van der Waals surface area contributed by atoms with E-state index in [1.165, 1.54) is 12.4 Å². The molecule has 0 radical (unpaired) electrons. The van der Waals surface area contributed by atoms with E-state index in [0.717, 1.165) is 5.56 Å². The highest BCUT2D eigenvalue weighted by atomic mass is 16.5. The minimum Gasteiger partial charge on any atom is -0.489 e. The standard InChI is InChI=1S/C20H17N3O3/c24-19(22-23-20(25)17-10-12-21-13-11-17)16-6-8-18(9-7-16)26-14-15-4-2-1-3-5-15/h1-13H,14H2,(H,22,24)(H,23,25). The first-order chi connectivity index (χ1) is 12.7. The fraction of sp³-hybridized carbons (Fsp3) is 0.0500. The van der Waals surface area contributed by atoms with Crippen LogP contribution in [0.3, 0.4) is 0 Å². The zero-order chi connectivity index (χ0) is 18.2. The summed E-state index contributed by atoms with van der Waals surface area (Å²) in [6.07, 6.45) is 3.01. The summed E-state index contributed by atoms with van der Waals surface area (Å²) in [5, 5.41) is 0. The molecular weight excluding hydrogens is 330 g/mol. The number of aromatic nitrogens is 1. The van der Waals surface area contributed by atoms with Gasteiger partial charge in [-0.3, -0.25) is 25.4 Å². The van der Waals surface area contributed by atoms with Crippen LogP contribution in [0.1, 0.15) is 26.3 Å². The lowest BCUT2D eigenvalue weighted by molar-refractivity contribution is 0.0846. The Labute approximate surface area is 150 Å². The summed E-state index contributed by atoms with van der Waals surface area (Å²) >= 11 is 0. The van der Waals surface area contributed by atoms with Crippen LogP contribution in [0.15, 0.2) is 79.1 Å². The average molecular weight is 347 g/mol. The smallest absolute Gasteiger partial charge is 0.269 e. The van der Waals surface area contributed by atoms with E-state index in [4.69, 9.17) is 4.74 Å². The Kier molecular flexibility index (Phi) is 5.57. The quantitative estimate of drug-likeness (QED) is 0.696. The number of amides is 2. The molecule has 0 aliphatic heterocycles. The second kappa shape index (κ2) is 8.43. The van der Waals surface area contributed by atoms with Crippen LogP contribution < -0.4 is 15.6 Å². The highest BCUT2D eigenvalue weighted by Crippen LogP contribution is 2.14. The van der Waals surface area contributed by atoms with Gasteiger partial charge < -0.3 is 4.74 Å². The van der Waals surface area contributed by atoms with Crippen molar-refractivity contribution in [3.8, 4) is 5.75 Å². The molecule has 0 atom stereocenters. The van der Waals surface area contributed by atoms with E-state index in [2.05, 4.69) is 15.8 Å². The van der Waals surface area contributed by atoms with E-state index >= 15 is 0 Å². The van der Waals surface area contributed by atoms with E-state index in [-0.39, 0.29) is 0 Å². The molecule has 130 valence electrons. The van der Waals surface area contributed by atoms with Gasteiger partial charge in [0.25, 0.3) is 11.8 Å². The molecule has 0 saturated heterocycles. The Morgan fingerprint density at radius 2 is 1.35 bits per heavy atom. The van der Waals surface area contributed by atoms with Gasteiger partial charge in [-0.15, -0.1) is 0 Å². The molecule has 2 amide bonds. The lowest BCUT2D eigenvalue weighted by atomic mass is 10.2. The van der Waals surface area contributed by atoms with Crippen molar-refractivity contribution in [3.63, 3.8) is 0 Å². The molecule has 26 heavy (non-hydrogen) atoms. The van der Waals surface area contributed by atoms with E-state index in [1.807, 2.05) is 30.3 Å². The van der Waals surface area contributed by atoms with Crippen molar-refractivity contribution in [1.29, 1.82) is 0 Å². The third-order valence-corrected chi connectivity index (χ3v) is 3.60. The van der Waals surface area contributed by atoms with Crippen molar-refractivity contribution in [3.05, 3.63) is 95.8 Å². The molecule has 1 heterocycles. The largest absolute Gasteiger partial charge is 0.489 e. The SMILES string of the molecule is O=C(NNC(=O)c1ccc(OCc2ccccc2)cc1)c1ccncc1. The van der Waals surface area contributed by atoms with Gasteiger partial charge in [-0.25, -0.2) is 0 Å². The molecule has 0 fully saturated rings. The fourth-order valence-corrected chi connectivity index (χ4v) is 2.20. The first kappa shape index (κ1) is 17.2. The first-order valence-corrected chi connectivity index (χ1v) is 8.00. The lowest BCUT2D eigenvalue weighted by Gasteiger charge is -2.09. The van der Waals surface area contributed by atoms with Gasteiger partial charge in [0, 0.05) is 23.5 Å². The van der Waals surface area contributed by atoms with E-state index < -0.39 is 11.8 Å². The minimum atomic E-state index is -0.415. The summed E-state index contributed by atoms with van der Waals surface area (Å²) in [4.78, 5) is 27.8. The molecule has 3 aromatic rings. The Morgan fingerprint density at radius 3 is 1.96 bits per heavy atom. The third-order valence-electron chi connectivity index (χ3n) is 3.60. The predicted octanol–water partition coefficient (Wildman–Crippen LogP) is 2.74. The molecular formula is C20H17N3O3. The van der Waals surface area contributed by atoms with Crippen LogP contribution in [0.4, 0.5) is 0 Å². The molecule has 6 heteroatoms. The number of rotatable bonds is 5. The third kappa shape index (κ3) is 4.67. The number of pyridine rings is 1. The van der Waals surface area contributed by atoms with Gasteiger partial charge in [0.15, 0.2) is 0 Å². The summed E-state index contributed by atoms with van der Waals surface area (Å²) in [6, 6.07) is 19.6. The molecule has 3 rings (SSSR count). The van der Waals surface area contributed by atoms with Crippen molar-refractivity contribution in [1.82, 2.24) is 15.8 Å².